The minimum atomic E-state index is -0.135. The summed E-state index contributed by atoms with van der Waals surface area (Å²) in [4.78, 5) is 14.4. The smallest absolute Gasteiger partial charge is 0.255 e. The van der Waals surface area contributed by atoms with Gasteiger partial charge in [0, 0.05) is 31.0 Å². The molecule has 0 aliphatic heterocycles. The number of nitrogens with one attached hydrogen (secondary N) is 1. The Morgan fingerprint density at radius 2 is 1.85 bits per heavy atom. The number of hydrogen-bond donors (Lipinski definition) is 1. The van der Waals surface area contributed by atoms with Crippen LogP contribution >= 0.6 is 0 Å². The molecule has 1 heterocycles. The lowest BCUT2D eigenvalue weighted by Gasteiger charge is -2.13. The number of carbonyl (C=O) groups excluding carboxylic acids is 1. The van der Waals surface area contributed by atoms with Gasteiger partial charge in [-0.05, 0) is 54.1 Å². The van der Waals surface area contributed by atoms with Gasteiger partial charge in [0.1, 0.15) is 12.4 Å². The van der Waals surface area contributed by atoms with Gasteiger partial charge in [0.25, 0.3) is 5.91 Å². The lowest BCUT2D eigenvalue weighted by Crippen LogP contribution is -2.13. The third kappa shape index (κ3) is 4.74. The number of amides is 1. The summed E-state index contributed by atoms with van der Waals surface area (Å²) in [6.07, 6.45) is 1.62. The minimum absolute atomic E-state index is 0.135. The SMILES string of the molecule is CN(C)c1ccc(C(=O)Nc2cccc(COCc3ccco3)c2)cc1. The van der Waals surface area contributed by atoms with Crippen molar-refractivity contribution < 1.29 is 13.9 Å². The number of nitrogens with zero attached hydrogens (tertiary/aromatic N) is 1. The largest absolute Gasteiger partial charge is 0.467 e. The van der Waals surface area contributed by atoms with Crippen LogP contribution in [0.5, 0.6) is 0 Å². The first-order chi connectivity index (χ1) is 12.6. The van der Waals surface area contributed by atoms with Crippen molar-refractivity contribution in [2.45, 2.75) is 13.2 Å². The van der Waals surface area contributed by atoms with Gasteiger partial charge in [-0.2, -0.15) is 0 Å². The number of carbonyl (C=O) groups is 1. The van der Waals surface area contributed by atoms with Crippen molar-refractivity contribution in [1.82, 2.24) is 0 Å². The maximum absolute atomic E-state index is 12.4. The molecular formula is C21H22N2O3. The predicted molar refractivity (Wildman–Crippen MR) is 102 cm³/mol. The lowest BCUT2D eigenvalue weighted by molar-refractivity contribution is 0.0929. The zero-order valence-corrected chi connectivity index (χ0v) is 14.9. The zero-order chi connectivity index (χ0) is 18.4. The van der Waals surface area contributed by atoms with Gasteiger partial charge in [0.15, 0.2) is 0 Å². The fourth-order valence-corrected chi connectivity index (χ4v) is 2.52. The Morgan fingerprint density at radius 3 is 2.54 bits per heavy atom. The van der Waals surface area contributed by atoms with E-state index in [4.69, 9.17) is 9.15 Å². The Kier molecular flexibility index (Phi) is 5.71. The second-order valence-electron chi connectivity index (χ2n) is 6.17. The standard InChI is InChI=1S/C21H22N2O3/c1-23(2)19-10-8-17(9-11-19)21(24)22-18-6-3-5-16(13-18)14-25-15-20-7-4-12-26-20/h3-13H,14-15H2,1-2H3,(H,22,24). The first-order valence-corrected chi connectivity index (χ1v) is 8.39. The molecule has 0 aliphatic carbocycles. The first kappa shape index (κ1) is 17.8. The normalized spacial score (nSPS) is 10.5. The van der Waals surface area contributed by atoms with Gasteiger partial charge in [-0.15, -0.1) is 0 Å². The Morgan fingerprint density at radius 1 is 1.04 bits per heavy atom. The molecule has 0 atom stereocenters. The van der Waals surface area contributed by atoms with Crippen LogP contribution in [0.2, 0.25) is 0 Å². The third-order valence-electron chi connectivity index (χ3n) is 3.92. The van der Waals surface area contributed by atoms with Gasteiger partial charge in [-0.25, -0.2) is 0 Å². The number of rotatable bonds is 7. The molecule has 2 aromatic carbocycles. The molecule has 1 N–H and O–H groups in total. The van der Waals surface area contributed by atoms with Crippen LogP contribution < -0.4 is 10.2 Å². The van der Waals surface area contributed by atoms with E-state index in [1.807, 2.05) is 79.7 Å². The molecule has 0 unspecified atom stereocenters. The molecule has 0 fully saturated rings. The minimum Gasteiger partial charge on any atom is -0.467 e. The highest BCUT2D eigenvalue weighted by Gasteiger charge is 2.07. The van der Waals surface area contributed by atoms with Crippen LogP contribution in [0.25, 0.3) is 0 Å². The molecule has 5 heteroatoms. The molecule has 3 aromatic rings. The lowest BCUT2D eigenvalue weighted by atomic mass is 10.1. The van der Waals surface area contributed by atoms with Gasteiger partial charge >= 0.3 is 0 Å². The van der Waals surface area contributed by atoms with Crippen LogP contribution in [0.4, 0.5) is 11.4 Å². The highest BCUT2D eigenvalue weighted by molar-refractivity contribution is 6.04. The molecule has 0 bridgehead atoms. The highest BCUT2D eigenvalue weighted by atomic mass is 16.5. The molecule has 0 saturated carbocycles. The molecule has 1 amide bonds. The monoisotopic (exact) mass is 350 g/mol. The Hall–Kier alpha value is -3.05. The van der Waals surface area contributed by atoms with Crippen molar-refractivity contribution in [2.75, 3.05) is 24.3 Å². The summed E-state index contributed by atoms with van der Waals surface area (Å²) in [6, 6.07) is 18.8. The molecule has 0 spiro atoms. The van der Waals surface area contributed by atoms with E-state index in [-0.39, 0.29) is 5.91 Å². The second-order valence-corrected chi connectivity index (χ2v) is 6.17. The summed E-state index contributed by atoms with van der Waals surface area (Å²) >= 11 is 0. The quantitative estimate of drug-likeness (QED) is 0.690. The fourth-order valence-electron chi connectivity index (χ4n) is 2.52. The van der Waals surface area contributed by atoms with E-state index in [9.17, 15) is 4.79 Å². The Bertz CT molecular complexity index is 840. The third-order valence-corrected chi connectivity index (χ3v) is 3.92. The number of anilines is 2. The van der Waals surface area contributed by atoms with Crippen LogP contribution in [-0.2, 0) is 18.0 Å². The number of ether oxygens (including phenoxy) is 1. The molecule has 134 valence electrons. The molecule has 1 aromatic heterocycles. The number of hydrogen-bond acceptors (Lipinski definition) is 4. The van der Waals surface area contributed by atoms with E-state index in [1.54, 1.807) is 6.26 Å². The van der Waals surface area contributed by atoms with Crippen molar-refractivity contribution >= 4 is 17.3 Å². The van der Waals surface area contributed by atoms with Crippen LogP contribution in [0.1, 0.15) is 21.7 Å². The topological polar surface area (TPSA) is 54.7 Å². The van der Waals surface area contributed by atoms with Gasteiger partial charge in [0.05, 0.1) is 12.9 Å². The predicted octanol–water partition coefficient (Wildman–Crippen LogP) is 4.31. The first-order valence-electron chi connectivity index (χ1n) is 8.39. The van der Waals surface area contributed by atoms with Crippen molar-refractivity contribution in [2.24, 2.45) is 0 Å². The molecule has 5 nitrogen and oxygen atoms in total. The van der Waals surface area contributed by atoms with E-state index in [0.29, 0.717) is 18.8 Å². The van der Waals surface area contributed by atoms with Crippen molar-refractivity contribution in [1.29, 1.82) is 0 Å². The van der Waals surface area contributed by atoms with E-state index >= 15 is 0 Å². The number of furan rings is 1. The molecule has 26 heavy (non-hydrogen) atoms. The summed E-state index contributed by atoms with van der Waals surface area (Å²) in [7, 11) is 3.93. The van der Waals surface area contributed by atoms with Gasteiger partial charge in [0.2, 0.25) is 0 Å². The molecule has 0 aliphatic rings. The molecule has 3 rings (SSSR count). The van der Waals surface area contributed by atoms with Crippen molar-refractivity contribution in [3.8, 4) is 0 Å². The highest BCUT2D eigenvalue weighted by Crippen LogP contribution is 2.16. The Balaban J connectivity index is 1.58. The Labute approximate surface area is 153 Å². The summed E-state index contributed by atoms with van der Waals surface area (Å²) < 4.78 is 10.9. The molecular weight excluding hydrogens is 328 g/mol. The van der Waals surface area contributed by atoms with Crippen molar-refractivity contribution in [3.05, 3.63) is 83.8 Å². The zero-order valence-electron chi connectivity index (χ0n) is 14.9. The molecule has 0 radical (unpaired) electrons. The van der Waals surface area contributed by atoms with Crippen LogP contribution in [0.15, 0.2) is 71.3 Å². The van der Waals surface area contributed by atoms with Crippen LogP contribution in [0.3, 0.4) is 0 Å². The van der Waals surface area contributed by atoms with E-state index in [2.05, 4.69) is 5.32 Å². The van der Waals surface area contributed by atoms with Crippen molar-refractivity contribution in [3.63, 3.8) is 0 Å². The fraction of sp³-hybridized carbons (Fsp3) is 0.190. The van der Waals surface area contributed by atoms with E-state index in [1.165, 1.54) is 0 Å². The summed E-state index contributed by atoms with van der Waals surface area (Å²) in [5.74, 6) is 0.652. The maximum Gasteiger partial charge on any atom is 0.255 e. The van der Waals surface area contributed by atoms with Gasteiger partial charge in [-0.3, -0.25) is 4.79 Å². The van der Waals surface area contributed by atoms with E-state index < -0.39 is 0 Å². The van der Waals surface area contributed by atoms with Crippen LogP contribution in [-0.4, -0.2) is 20.0 Å². The second kappa shape index (κ2) is 8.36. The van der Waals surface area contributed by atoms with Gasteiger partial charge < -0.3 is 19.4 Å². The summed E-state index contributed by atoms with van der Waals surface area (Å²) in [5, 5.41) is 2.92. The average Bonchev–Trinajstić information content (AvgIpc) is 3.15. The summed E-state index contributed by atoms with van der Waals surface area (Å²) in [6.45, 7) is 0.865. The summed E-state index contributed by atoms with van der Waals surface area (Å²) in [5.41, 5.74) is 3.40. The average molecular weight is 350 g/mol. The number of benzene rings is 2. The van der Waals surface area contributed by atoms with Crippen LogP contribution in [0, 0.1) is 0 Å². The maximum atomic E-state index is 12.4. The van der Waals surface area contributed by atoms with E-state index in [0.717, 1.165) is 22.7 Å². The van der Waals surface area contributed by atoms with Gasteiger partial charge in [-0.1, -0.05) is 12.1 Å². The molecule has 0 saturated heterocycles.